The van der Waals surface area contributed by atoms with E-state index in [0.29, 0.717) is 10.7 Å². The van der Waals surface area contributed by atoms with Crippen LogP contribution in [0.3, 0.4) is 0 Å². The fraction of sp³-hybridized carbons (Fsp3) is 0.188. The molecule has 2 rings (SSSR count). The molecule has 0 heterocycles. The van der Waals surface area contributed by atoms with Crippen molar-refractivity contribution in [3.63, 3.8) is 0 Å². The van der Waals surface area contributed by atoms with Crippen LogP contribution in [0.25, 0.3) is 0 Å². The molecule has 20 heavy (non-hydrogen) atoms. The highest BCUT2D eigenvalue weighted by Gasteiger charge is 2.06. The topological polar surface area (TPSA) is 44.5 Å². The lowest BCUT2D eigenvalue weighted by Crippen LogP contribution is -2.28. The first-order chi connectivity index (χ1) is 9.54. The van der Waals surface area contributed by atoms with Crippen molar-refractivity contribution in [1.82, 2.24) is 0 Å². The van der Waals surface area contributed by atoms with Crippen LogP contribution in [-0.2, 0) is 0 Å². The summed E-state index contributed by atoms with van der Waals surface area (Å²) < 4.78 is 11.3. The normalized spacial score (nSPS) is 11.7. The Morgan fingerprint density at radius 3 is 1.90 bits per heavy atom. The molecule has 0 saturated heterocycles. The second-order valence-electron chi connectivity index (χ2n) is 4.55. The summed E-state index contributed by atoms with van der Waals surface area (Å²) in [5.74, 6) is 2.27. The maximum absolute atomic E-state index is 5.73. The minimum atomic E-state index is -0.283. The van der Waals surface area contributed by atoms with E-state index in [4.69, 9.17) is 27.4 Å². The van der Waals surface area contributed by atoms with E-state index in [0.717, 1.165) is 11.5 Å². The molecule has 0 amide bonds. The summed E-state index contributed by atoms with van der Waals surface area (Å²) in [7, 11) is 0. The molecule has 0 fully saturated rings. The van der Waals surface area contributed by atoms with Gasteiger partial charge in [-0.25, -0.2) is 0 Å². The number of ether oxygens (including phenoxy) is 2. The molecule has 0 aromatic heterocycles. The number of rotatable bonds is 5. The molecular formula is C16H17NO2S. The van der Waals surface area contributed by atoms with Crippen LogP contribution in [-0.4, -0.2) is 11.1 Å². The van der Waals surface area contributed by atoms with Gasteiger partial charge in [-0.2, -0.15) is 0 Å². The Morgan fingerprint density at radius 1 is 0.950 bits per heavy atom. The standard InChI is InChI=1S/C16H17NO2S/c1-11-3-5-14(6-4-11)19-15-9-7-13(8-10-15)18-12(2)16(17)20/h3-10,12H,1-2H3,(H2,17,20). The van der Waals surface area contributed by atoms with Gasteiger partial charge >= 0.3 is 0 Å². The monoisotopic (exact) mass is 287 g/mol. The van der Waals surface area contributed by atoms with Crippen molar-refractivity contribution < 1.29 is 9.47 Å². The van der Waals surface area contributed by atoms with E-state index in [9.17, 15) is 0 Å². The summed E-state index contributed by atoms with van der Waals surface area (Å²) in [5.41, 5.74) is 6.71. The zero-order valence-corrected chi connectivity index (χ0v) is 12.3. The average molecular weight is 287 g/mol. The van der Waals surface area contributed by atoms with Crippen LogP contribution in [0, 0.1) is 6.92 Å². The van der Waals surface area contributed by atoms with E-state index in [1.54, 1.807) is 0 Å². The first-order valence-electron chi connectivity index (χ1n) is 6.35. The molecule has 0 spiro atoms. The minimum absolute atomic E-state index is 0.283. The highest BCUT2D eigenvalue weighted by atomic mass is 32.1. The smallest absolute Gasteiger partial charge is 0.145 e. The molecule has 1 atom stereocenters. The van der Waals surface area contributed by atoms with E-state index >= 15 is 0 Å². The Bertz CT molecular complexity index is 578. The maximum Gasteiger partial charge on any atom is 0.145 e. The van der Waals surface area contributed by atoms with Crippen molar-refractivity contribution in [2.75, 3.05) is 0 Å². The van der Waals surface area contributed by atoms with Crippen LogP contribution in [0.5, 0.6) is 17.2 Å². The van der Waals surface area contributed by atoms with Crippen molar-refractivity contribution in [3.8, 4) is 17.2 Å². The van der Waals surface area contributed by atoms with E-state index in [-0.39, 0.29) is 6.10 Å². The number of nitrogens with two attached hydrogens (primary N) is 1. The third kappa shape index (κ3) is 3.96. The van der Waals surface area contributed by atoms with Gasteiger partial charge in [0.05, 0.1) is 0 Å². The maximum atomic E-state index is 5.73. The number of benzene rings is 2. The fourth-order valence-electron chi connectivity index (χ4n) is 1.59. The molecule has 3 nitrogen and oxygen atoms in total. The second-order valence-corrected chi connectivity index (χ2v) is 5.02. The van der Waals surface area contributed by atoms with Crippen LogP contribution < -0.4 is 15.2 Å². The lowest BCUT2D eigenvalue weighted by Gasteiger charge is -2.13. The Kier molecular flexibility index (Phi) is 4.58. The van der Waals surface area contributed by atoms with Gasteiger partial charge in [0.25, 0.3) is 0 Å². The number of hydrogen-bond acceptors (Lipinski definition) is 3. The molecule has 0 aliphatic heterocycles. The van der Waals surface area contributed by atoms with Gasteiger partial charge in [-0.1, -0.05) is 29.9 Å². The Hall–Kier alpha value is -2.07. The lowest BCUT2D eigenvalue weighted by molar-refractivity contribution is 0.288. The van der Waals surface area contributed by atoms with Gasteiger partial charge < -0.3 is 15.2 Å². The van der Waals surface area contributed by atoms with Crippen molar-refractivity contribution in [2.24, 2.45) is 5.73 Å². The predicted molar refractivity (Wildman–Crippen MR) is 84.6 cm³/mol. The van der Waals surface area contributed by atoms with E-state index < -0.39 is 0 Å². The third-order valence-corrected chi connectivity index (χ3v) is 3.13. The zero-order chi connectivity index (χ0) is 14.5. The molecule has 104 valence electrons. The quantitative estimate of drug-likeness (QED) is 0.849. The zero-order valence-electron chi connectivity index (χ0n) is 11.5. The molecule has 1 unspecified atom stereocenters. The largest absolute Gasteiger partial charge is 0.484 e. The van der Waals surface area contributed by atoms with Crippen LogP contribution in [0.1, 0.15) is 12.5 Å². The van der Waals surface area contributed by atoms with Gasteiger partial charge in [0.2, 0.25) is 0 Å². The van der Waals surface area contributed by atoms with E-state index in [1.165, 1.54) is 5.56 Å². The van der Waals surface area contributed by atoms with E-state index in [2.05, 4.69) is 0 Å². The first kappa shape index (κ1) is 14.3. The SMILES string of the molecule is Cc1ccc(Oc2ccc(OC(C)C(N)=S)cc2)cc1. The number of thiocarbonyl (C=S) groups is 1. The summed E-state index contributed by atoms with van der Waals surface area (Å²) >= 11 is 4.87. The van der Waals surface area contributed by atoms with Crippen LogP contribution in [0.15, 0.2) is 48.5 Å². The Morgan fingerprint density at radius 2 is 1.40 bits per heavy atom. The Balaban J connectivity index is 2.01. The molecule has 0 saturated carbocycles. The highest BCUT2D eigenvalue weighted by Crippen LogP contribution is 2.24. The summed E-state index contributed by atoms with van der Waals surface area (Å²) in [6.45, 7) is 3.86. The van der Waals surface area contributed by atoms with Crippen molar-refractivity contribution in [3.05, 3.63) is 54.1 Å². The van der Waals surface area contributed by atoms with Crippen LogP contribution in [0.2, 0.25) is 0 Å². The van der Waals surface area contributed by atoms with Gasteiger partial charge in [0, 0.05) is 0 Å². The summed E-state index contributed by atoms with van der Waals surface area (Å²) in [6.07, 6.45) is -0.283. The predicted octanol–water partition coefficient (Wildman–Crippen LogP) is 3.84. The summed E-state index contributed by atoms with van der Waals surface area (Å²) in [4.78, 5) is 0.338. The number of aryl methyl sites for hydroxylation is 1. The van der Waals surface area contributed by atoms with Gasteiger partial charge in [-0.3, -0.25) is 0 Å². The molecule has 0 aliphatic carbocycles. The van der Waals surface area contributed by atoms with Crippen LogP contribution >= 0.6 is 12.2 Å². The highest BCUT2D eigenvalue weighted by molar-refractivity contribution is 7.80. The first-order valence-corrected chi connectivity index (χ1v) is 6.76. The number of hydrogen-bond donors (Lipinski definition) is 1. The van der Waals surface area contributed by atoms with Gasteiger partial charge in [-0.05, 0) is 50.2 Å². The van der Waals surface area contributed by atoms with Crippen molar-refractivity contribution >= 4 is 17.2 Å². The van der Waals surface area contributed by atoms with Gasteiger partial charge in [0.15, 0.2) is 0 Å². The molecule has 0 bridgehead atoms. The van der Waals surface area contributed by atoms with Crippen molar-refractivity contribution in [2.45, 2.75) is 20.0 Å². The minimum Gasteiger partial charge on any atom is -0.484 e. The summed E-state index contributed by atoms with van der Waals surface area (Å²) in [6, 6.07) is 15.3. The molecule has 0 radical (unpaired) electrons. The third-order valence-electron chi connectivity index (χ3n) is 2.79. The molecule has 2 aromatic rings. The fourth-order valence-corrected chi connectivity index (χ4v) is 1.64. The Labute approximate surface area is 124 Å². The van der Waals surface area contributed by atoms with Crippen molar-refractivity contribution in [1.29, 1.82) is 0 Å². The van der Waals surface area contributed by atoms with Gasteiger partial charge in [-0.15, -0.1) is 0 Å². The van der Waals surface area contributed by atoms with E-state index in [1.807, 2.05) is 62.4 Å². The lowest BCUT2D eigenvalue weighted by atomic mass is 10.2. The average Bonchev–Trinajstić information content (AvgIpc) is 2.43. The molecule has 2 N–H and O–H groups in total. The molecule has 0 aliphatic rings. The molecular weight excluding hydrogens is 270 g/mol. The van der Waals surface area contributed by atoms with Crippen LogP contribution in [0.4, 0.5) is 0 Å². The summed E-state index contributed by atoms with van der Waals surface area (Å²) in [5, 5.41) is 0. The molecule has 2 aromatic carbocycles. The molecule has 4 heteroatoms. The van der Waals surface area contributed by atoms with Gasteiger partial charge in [0.1, 0.15) is 28.3 Å². The second kappa shape index (κ2) is 6.39.